The third-order valence-corrected chi connectivity index (χ3v) is 5.32. The van der Waals surface area contributed by atoms with Crippen molar-refractivity contribution in [3.05, 3.63) is 71.0 Å². The van der Waals surface area contributed by atoms with Crippen LogP contribution in [-0.4, -0.2) is 60.4 Å². The molecule has 1 amide bonds. The average molecular weight is 441 g/mol. The highest BCUT2D eigenvalue weighted by Crippen LogP contribution is 2.40. The summed E-state index contributed by atoms with van der Waals surface area (Å²) in [6.45, 7) is 3.45. The van der Waals surface area contributed by atoms with Crippen LogP contribution in [0, 0.1) is 5.82 Å². The lowest BCUT2D eigenvalue weighted by Gasteiger charge is -2.26. The van der Waals surface area contributed by atoms with Crippen LogP contribution >= 0.6 is 0 Å². The normalized spacial score (nSPS) is 17.9. The Balaban J connectivity index is 2.08. The van der Waals surface area contributed by atoms with Crippen LogP contribution in [0.3, 0.4) is 0 Å². The topological polar surface area (TPSA) is 70.1 Å². The number of hydrogen-bond donors (Lipinski definition) is 1. The number of hydrogen-bond acceptors (Lipinski definition) is 5. The van der Waals surface area contributed by atoms with Gasteiger partial charge in [0, 0.05) is 17.7 Å². The fraction of sp³-hybridized carbons (Fsp3) is 0.360. The predicted molar refractivity (Wildman–Crippen MR) is 121 cm³/mol. The summed E-state index contributed by atoms with van der Waals surface area (Å²) in [4.78, 5) is 29.2. The highest BCUT2D eigenvalue weighted by molar-refractivity contribution is 6.46. The predicted octanol–water partition coefficient (Wildman–Crippen LogP) is 3.99. The second-order valence-electron chi connectivity index (χ2n) is 8.05. The van der Waals surface area contributed by atoms with Crippen molar-refractivity contribution in [1.82, 2.24) is 9.80 Å². The number of aliphatic hydroxyl groups excluding tert-OH is 1. The molecule has 0 saturated carbocycles. The summed E-state index contributed by atoms with van der Waals surface area (Å²) < 4.78 is 20.4. The van der Waals surface area contributed by atoms with Gasteiger partial charge in [0.15, 0.2) is 0 Å². The fourth-order valence-electron chi connectivity index (χ4n) is 3.80. The number of amides is 1. The van der Waals surface area contributed by atoms with Gasteiger partial charge in [-0.05, 0) is 51.7 Å². The van der Waals surface area contributed by atoms with Crippen molar-refractivity contribution >= 4 is 17.4 Å². The third-order valence-electron chi connectivity index (χ3n) is 5.32. The lowest BCUT2D eigenvalue weighted by Crippen LogP contribution is -2.32. The smallest absolute Gasteiger partial charge is 0.295 e. The van der Waals surface area contributed by atoms with Gasteiger partial charge in [0.2, 0.25) is 0 Å². The summed E-state index contributed by atoms with van der Waals surface area (Å²) in [6.07, 6.45) is 1.42. The molecule has 0 spiro atoms. The van der Waals surface area contributed by atoms with E-state index in [1.807, 2.05) is 25.9 Å². The van der Waals surface area contributed by atoms with Crippen LogP contribution in [0.5, 0.6) is 5.75 Å². The van der Waals surface area contributed by atoms with Gasteiger partial charge in [0.05, 0.1) is 18.2 Å². The van der Waals surface area contributed by atoms with Crippen molar-refractivity contribution in [2.24, 2.45) is 0 Å². The Hall–Kier alpha value is -3.19. The first-order valence-corrected chi connectivity index (χ1v) is 10.8. The van der Waals surface area contributed by atoms with Crippen LogP contribution in [0.1, 0.15) is 36.9 Å². The molecular weight excluding hydrogens is 411 g/mol. The van der Waals surface area contributed by atoms with Gasteiger partial charge in [-0.2, -0.15) is 0 Å². The zero-order valence-corrected chi connectivity index (χ0v) is 18.7. The molecule has 1 atom stereocenters. The highest BCUT2D eigenvalue weighted by atomic mass is 19.1. The number of ether oxygens (including phenoxy) is 1. The lowest BCUT2D eigenvalue weighted by molar-refractivity contribution is -0.140. The number of benzene rings is 2. The zero-order valence-electron chi connectivity index (χ0n) is 18.7. The highest BCUT2D eigenvalue weighted by Gasteiger charge is 2.46. The van der Waals surface area contributed by atoms with Gasteiger partial charge in [-0.3, -0.25) is 9.59 Å². The molecule has 1 aliphatic heterocycles. The van der Waals surface area contributed by atoms with Crippen LogP contribution < -0.4 is 4.74 Å². The van der Waals surface area contributed by atoms with Gasteiger partial charge in [-0.25, -0.2) is 4.39 Å². The second-order valence-corrected chi connectivity index (χ2v) is 8.05. The molecule has 0 radical (unpaired) electrons. The molecule has 32 heavy (non-hydrogen) atoms. The molecule has 0 aromatic heterocycles. The van der Waals surface area contributed by atoms with E-state index in [4.69, 9.17) is 4.74 Å². The van der Waals surface area contributed by atoms with E-state index in [1.165, 1.54) is 11.0 Å². The maximum Gasteiger partial charge on any atom is 0.295 e. The van der Waals surface area contributed by atoms with E-state index in [-0.39, 0.29) is 23.4 Å². The van der Waals surface area contributed by atoms with Crippen molar-refractivity contribution in [3.8, 4) is 5.75 Å². The molecule has 1 aliphatic rings. The molecule has 6 nitrogen and oxygen atoms in total. The molecule has 3 rings (SSSR count). The second kappa shape index (κ2) is 10.4. The van der Waals surface area contributed by atoms with E-state index >= 15 is 0 Å². The van der Waals surface area contributed by atoms with Crippen molar-refractivity contribution in [3.63, 3.8) is 0 Å². The first kappa shape index (κ1) is 23.5. The van der Waals surface area contributed by atoms with Crippen LogP contribution in [0.4, 0.5) is 4.39 Å². The maximum absolute atomic E-state index is 14.8. The molecule has 1 N–H and O–H groups in total. The molecule has 2 aromatic rings. The van der Waals surface area contributed by atoms with Gasteiger partial charge in [-0.1, -0.05) is 37.3 Å². The zero-order chi connectivity index (χ0) is 23.3. The summed E-state index contributed by atoms with van der Waals surface area (Å²) in [5, 5.41) is 11.1. The Kier molecular flexibility index (Phi) is 7.64. The minimum absolute atomic E-state index is 0.113. The molecule has 1 saturated heterocycles. The Morgan fingerprint density at radius 3 is 2.59 bits per heavy atom. The Bertz CT molecular complexity index is 1020. The first-order chi connectivity index (χ1) is 15.3. The number of likely N-dealkylation sites (tertiary alicyclic amines) is 1. The van der Waals surface area contributed by atoms with Gasteiger partial charge < -0.3 is 19.6 Å². The van der Waals surface area contributed by atoms with Crippen LogP contribution in [-0.2, 0) is 9.59 Å². The molecule has 7 heteroatoms. The third kappa shape index (κ3) is 4.99. The van der Waals surface area contributed by atoms with Crippen molar-refractivity contribution in [1.29, 1.82) is 0 Å². The van der Waals surface area contributed by atoms with E-state index in [1.54, 1.807) is 42.5 Å². The van der Waals surface area contributed by atoms with Crippen LogP contribution in [0.25, 0.3) is 5.76 Å². The maximum atomic E-state index is 14.8. The van der Waals surface area contributed by atoms with E-state index < -0.39 is 23.5 Å². The molecular formula is C25H29FN2O4. The Morgan fingerprint density at radius 2 is 1.91 bits per heavy atom. The summed E-state index contributed by atoms with van der Waals surface area (Å²) >= 11 is 0. The molecule has 170 valence electrons. The Morgan fingerprint density at radius 1 is 1.16 bits per heavy atom. The molecule has 1 fully saturated rings. The van der Waals surface area contributed by atoms with E-state index in [0.717, 1.165) is 6.42 Å². The molecule has 1 heterocycles. The number of halogens is 1. The average Bonchev–Trinajstić information content (AvgIpc) is 3.02. The number of carbonyl (C=O) groups is 2. The number of ketones is 1. The van der Waals surface area contributed by atoms with Gasteiger partial charge >= 0.3 is 0 Å². The molecule has 2 aromatic carbocycles. The van der Waals surface area contributed by atoms with Crippen LogP contribution in [0.15, 0.2) is 54.1 Å². The van der Waals surface area contributed by atoms with Gasteiger partial charge in [0.25, 0.3) is 11.7 Å². The minimum Gasteiger partial charge on any atom is -0.507 e. The first-order valence-electron chi connectivity index (χ1n) is 10.8. The summed E-state index contributed by atoms with van der Waals surface area (Å²) in [5.41, 5.74) is 0.403. The summed E-state index contributed by atoms with van der Waals surface area (Å²) in [7, 11) is 3.83. The van der Waals surface area contributed by atoms with Gasteiger partial charge in [0.1, 0.15) is 17.3 Å². The number of carbonyl (C=O) groups excluding carboxylic acids is 2. The SMILES string of the molecule is CCCOc1cccc(/C(O)=C2/C(=O)C(=O)N(CCCN(C)C)C2c2ccccc2F)c1. The molecule has 1 unspecified atom stereocenters. The monoisotopic (exact) mass is 440 g/mol. The largest absolute Gasteiger partial charge is 0.507 e. The van der Waals surface area contributed by atoms with E-state index in [9.17, 15) is 19.1 Å². The standard InChI is InChI=1S/C25H29FN2O4/c1-4-15-32-18-10-7-9-17(16-18)23(29)21-22(19-11-5-6-12-20(19)26)28(25(31)24(21)30)14-8-13-27(2)3/h5-7,9-12,16,22,29H,4,8,13-15H2,1-3H3/b23-21-. The summed E-state index contributed by atoms with van der Waals surface area (Å²) in [6, 6.07) is 11.7. The number of aliphatic hydroxyl groups is 1. The van der Waals surface area contributed by atoms with Crippen molar-refractivity contribution in [2.75, 3.05) is 33.8 Å². The lowest BCUT2D eigenvalue weighted by atomic mass is 9.95. The van der Waals surface area contributed by atoms with Crippen molar-refractivity contribution in [2.45, 2.75) is 25.8 Å². The summed E-state index contributed by atoms with van der Waals surface area (Å²) in [5.74, 6) is -1.90. The quantitative estimate of drug-likeness (QED) is 0.363. The number of nitrogens with zero attached hydrogens (tertiary/aromatic N) is 2. The number of rotatable bonds is 9. The Labute approximate surface area is 187 Å². The molecule has 0 bridgehead atoms. The number of Topliss-reactive ketones (excluding diaryl/α,β-unsaturated/α-hetero) is 1. The van der Waals surface area contributed by atoms with Crippen LogP contribution in [0.2, 0.25) is 0 Å². The van der Waals surface area contributed by atoms with E-state index in [2.05, 4.69) is 0 Å². The van der Waals surface area contributed by atoms with E-state index in [0.29, 0.717) is 30.9 Å². The minimum atomic E-state index is -1.00. The molecule has 0 aliphatic carbocycles. The van der Waals surface area contributed by atoms with Gasteiger partial charge in [-0.15, -0.1) is 0 Å². The van der Waals surface area contributed by atoms with Crippen molar-refractivity contribution < 1.29 is 23.8 Å². The fourth-order valence-corrected chi connectivity index (χ4v) is 3.80.